The van der Waals surface area contributed by atoms with Gasteiger partial charge in [0, 0.05) is 5.56 Å². The summed E-state index contributed by atoms with van der Waals surface area (Å²) in [6, 6.07) is 8.63. The number of carbonyl (C=O) groups is 2. The summed E-state index contributed by atoms with van der Waals surface area (Å²) in [5, 5.41) is 6.22. The van der Waals surface area contributed by atoms with Crippen LogP contribution in [0.4, 0.5) is 10.1 Å². The summed E-state index contributed by atoms with van der Waals surface area (Å²) in [5.74, 6) is -2.71. The van der Waals surface area contributed by atoms with Crippen molar-refractivity contribution in [1.82, 2.24) is 5.43 Å². The number of rotatable bonds is 3. The average molecular weight is 389 g/mol. The SMILES string of the molecule is O=C(N/N=C\c1c(F)cccc1Cl)C(=O)Nc1cccc(Cl)c1Cl. The van der Waals surface area contributed by atoms with E-state index in [0.717, 1.165) is 6.21 Å². The number of nitrogens with zero attached hydrogens (tertiary/aromatic N) is 1. The minimum absolute atomic E-state index is 0.0160. The number of anilines is 1. The highest BCUT2D eigenvalue weighted by molar-refractivity contribution is 6.45. The van der Waals surface area contributed by atoms with Crippen LogP contribution in [0.15, 0.2) is 41.5 Å². The Balaban J connectivity index is 2.01. The van der Waals surface area contributed by atoms with Gasteiger partial charge >= 0.3 is 11.8 Å². The summed E-state index contributed by atoms with van der Waals surface area (Å²) < 4.78 is 13.5. The highest BCUT2D eigenvalue weighted by Crippen LogP contribution is 2.29. The Kier molecular flexibility index (Phi) is 6.14. The number of amides is 2. The van der Waals surface area contributed by atoms with Gasteiger partial charge in [0.2, 0.25) is 0 Å². The Bertz CT molecular complexity index is 807. The second-order valence-corrected chi connectivity index (χ2v) is 5.58. The van der Waals surface area contributed by atoms with Crippen molar-refractivity contribution in [1.29, 1.82) is 0 Å². The fraction of sp³-hybridized carbons (Fsp3) is 0. The average Bonchev–Trinajstić information content (AvgIpc) is 2.54. The van der Waals surface area contributed by atoms with Crippen molar-refractivity contribution in [2.45, 2.75) is 0 Å². The number of hydrogen-bond acceptors (Lipinski definition) is 3. The van der Waals surface area contributed by atoms with Gasteiger partial charge in [0.25, 0.3) is 0 Å². The summed E-state index contributed by atoms with van der Waals surface area (Å²) in [6.07, 6.45) is 0.995. The smallest absolute Gasteiger partial charge is 0.316 e. The summed E-state index contributed by atoms with van der Waals surface area (Å²) >= 11 is 17.5. The van der Waals surface area contributed by atoms with E-state index in [0.29, 0.717) is 0 Å². The van der Waals surface area contributed by atoms with E-state index in [4.69, 9.17) is 34.8 Å². The van der Waals surface area contributed by atoms with E-state index in [-0.39, 0.29) is 26.3 Å². The van der Waals surface area contributed by atoms with Gasteiger partial charge in [0.15, 0.2) is 0 Å². The third-order valence-electron chi connectivity index (χ3n) is 2.77. The van der Waals surface area contributed by atoms with Gasteiger partial charge in [-0.1, -0.05) is 46.9 Å². The van der Waals surface area contributed by atoms with Crippen molar-refractivity contribution in [2.24, 2.45) is 5.10 Å². The molecule has 2 rings (SSSR count). The molecule has 0 unspecified atom stereocenters. The van der Waals surface area contributed by atoms with Gasteiger partial charge in [0.05, 0.1) is 27.0 Å². The minimum Gasteiger partial charge on any atom is -0.316 e. The van der Waals surface area contributed by atoms with Gasteiger partial charge in [-0.15, -0.1) is 0 Å². The zero-order valence-corrected chi connectivity index (χ0v) is 14.1. The fourth-order valence-corrected chi connectivity index (χ4v) is 2.18. The summed E-state index contributed by atoms with van der Waals surface area (Å²) in [5.41, 5.74) is 2.11. The monoisotopic (exact) mass is 387 g/mol. The predicted molar refractivity (Wildman–Crippen MR) is 92.2 cm³/mol. The van der Waals surface area contributed by atoms with Crippen molar-refractivity contribution < 1.29 is 14.0 Å². The molecule has 0 bridgehead atoms. The highest BCUT2D eigenvalue weighted by atomic mass is 35.5. The fourth-order valence-electron chi connectivity index (χ4n) is 1.62. The van der Waals surface area contributed by atoms with E-state index in [1.807, 2.05) is 5.43 Å². The van der Waals surface area contributed by atoms with Crippen LogP contribution in [0, 0.1) is 5.82 Å². The lowest BCUT2D eigenvalue weighted by molar-refractivity contribution is -0.136. The Morgan fingerprint density at radius 1 is 1.00 bits per heavy atom. The van der Waals surface area contributed by atoms with E-state index in [9.17, 15) is 14.0 Å². The molecule has 9 heteroatoms. The Hall–Kier alpha value is -2.15. The number of carbonyl (C=O) groups excluding carboxylic acids is 2. The summed E-state index contributed by atoms with van der Waals surface area (Å²) in [7, 11) is 0. The molecule has 0 atom stereocenters. The van der Waals surface area contributed by atoms with Crippen LogP contribution in [0.1, 0.15) is 5.56 Å². The quantitative estimate of drug-likeness (QED) is 0.476. The standard InChI is InChI=1S/C15H9Cl3FN3O2/c16-9-3-1-5-11(19)8(9)7-20-22-15(24)14(23)21-12-6-2-4-10(17)13(12)18/h1-7H,(H,21,23)(H,22,24)/b20-7-. The Morgan fingerprint density at radius 3 is 2.38 bits per heavy atom. The molecule has 0 aliphatic carbocycles. The molecule has 2 aromatic carbocycles. The molecular weight excluding hydrogens is 380 g/mol. The molecular formula is C15H9Cl3FN3O2. The minimum atomic E-state index is -1.07. The zero-order valence-electron chi connectivity index (χ0n) is 11.8. The molecule has 2 amide bonds. The van der Waals surface area contributed by atoms with Crippen LogP contribution >= 0.6 is 34.8 Å². The number of hydrazone groups is 1. The van der Waals surface area contributed by atoms with Crippen LogP contribution in [0.5, 0.6) is 0 Å². The van der Waals surface area contributed by atoms with E-state index in [2.05, 4.69) is 10.4 Å². The molecule has 0 aliphatic rings. The topological polar surface area (TPSA) is 70.6 Å². The maximum atomic E-state index is 13.5. The Labute approximate surface area is 151 Å². The van der Waals surface area contributed by atoms with Gasteiger partial charge in [0.1, 0.15) is 5.82 Å². The lowest BCUT2D eigenvalue weighted by Crippen LogP contribution is -2.32. The molecule has 5 nitrogen and oxygen atoms in total. The van der Waals surface area contributed by atoms with Crippen molar-refractivity contribution >= 4 is 58.5 Å². The first-order chi connectivity index (χ1) is 11.4. The van der Waals surface area contributed by atoms with E-state index in [1.54, 1.807) is 6.07 Å². The van der Waals surface area contributed by atoms with Gasteiger partial charge in [-0.2, -0.15) is 5.10 Å². The van der Waals surface area contributed by atoms with Crippen molar-refractivity contribution in [2.75, 3.05) is 5.32 Å². The van der Waals surface area contributed by atoms with Crippen LogP contribution in [-0.4, -0.2) is 18.0 Å². The first-order valence-electron chi connectivity index (χ1n) is 6.42. The first kappa shape index (κ1) is 18.2. The third-order valence-corrected chi connectivity index (χ3v) is 3.91. The summed E-state index contributed by atoms with van der Waals surface area (Å²) in [6.45, 7) is 0. The van der Waals surface area contributed by atoms with Crippen LogP contribution in [0.2, 0.25) is 15.1 Å². The third kappa shape index (κ3) is 4.44. The lowest BCUT2D eigenvalue weighted by Gasteiger charge is -2.07. The van der Waals surface area contributed by atoms with Crippen molar-refractivity contribution in [3.05, 3.63) is 62.8 Å². The number of benzene rings is 2. The maximum absolute atomic E-state index is 13.5. The van der Waals surface area contributed by atoms with Crippen molar-refractivity contribution in [3.63, 3.8) is 0 Å². The molecule has 0 aromatic heterocycles. The predicted octanol–water partition coefficient (Wildman–Crippen LogP) is 3.87. The van der Waals surface area contributed by atoms with Gasteiger partial charge < -0.3 is 5.32 Å². The molecule has 2 N–H and O–H groups in total. The molecule has 0 aliphatic heterocycles. The van der Waals surface area contributed by atoms with Crippen LogP contribution < -0.4 is 10.7 Å². The van der Waals surface area contributed by atoms with Crippen LogP contribution in [0.3, 0.4) is 0 Å². The zero-order chi connectivity index (χ0) is 17.7. The molecule has 0 radical (unpaired) electrons. The van der Waals surface area contributed by atoms with E-state index in [1.165, 1.54) is 30.3 Å². The second-order valence-electron chi connectivity index (χ2n) is 4.39. The van der Waals surface area contributed by atoms with E-state index < -0.39 is 17.6 Å². The lowest BCUT2D eigenvalue weighted by atomic mass is 10.2. The first-order valence-corrected chi connectivity index (χ1v) is 7.56. The van der Waals surface area contributed by atoms with E-state index >= 15 is 0 Å². The normalized spacial score (nSPS) is 10.7. The molecule has 0 fully saturated rings. The highest BCUT2D eigenvalue weighted by Gasteiger charge is 2.15. The van der Waals surface area contributed by atoms with Gasteiger partial charge in [-0.25, -0.2) is 9.82 Å². The Morgan fingerprint density at radius 2 is 1.67 bits per heavy atom. The molecule has 0 spiro atoms. The van der Waals surface area contributed by atoms with Crippen LogP contribution in [-0.2, 0) is 9.59 Å². The number of nitrogens with one attached hydrogen (secondary N) is 2. The maximum Gasteiger partial charge on any atom is 0.329 e. The van der Waals surface area contributed by atoms with Gasteiger partial charge in [-0.05, 0) is 24.3 Å². The van der Waals surface area contributed by atoms with Gasteiger partial charge in [-0.3, -0.25) is 9.59 Å². The number of hydrogen-bond donors (Lipinski definition) is 2. The van der Waals surface area contributed by atoms with Crippen LogP contribution in [0.25, 0.3) is 0 Å². The molecule has 124 valence electrons. The molecule has 0 heterocycles. The second kappa shape index (κ2) is 8.10. The summed E-state index contributed by atoms with van der Waals surface area (Å²) in [4.78, 5) is 23.4. The largest absolute Gasteiger partial charge is 0.329 e. The van der Waals surface area contributed by atoms with Crippen molar-refractivity contribution in [3.8, 4) is 0 Å². The number of halogens is 4. The molecule has 2 aromatic rings. The molecule has 0 saturated heterocycles. The molecule has 24 heavy (non-hydrogen) atoms. The molecule has 0 saturated carbocycles.